The van der Waals surface area contributed by atoms with Crippen molar-refractivity contribution in [1.82, 2.24) is 0 Å². The van der Waals surface area contributed by atoms with Gasteiger partial charge < -0.3 is 23.7 Å². The average Bonchev–Trinajstić information content (AvgIpc) is 3.30. The van der Waals surface area contributed by atoms with Gasteiger partial charge in [-0.1, -0.05) is 71.8 Å². The van der Waals surface area contributed by atoms with Crippen LogP contribution in [0, 0.1) is 0 Å². The quantitative estimate of drug-likeness (QED) is 0.164. The molecule has 0 N–H and O–H groups in total. The zero-order valence-corrected chi connectivity index (χ0v) is 22.0. The summed E-state index contributed by atoms with van der Waals surface area (Å²) >= 11 is 0. The van der Waals surface area contributed by atoms with Gasteiger partial charge in [0, 0.05) is 4.91 Å². The van der Waals surface area contributed by atoms with E-state index in [1.807, 2.05) is 30.3 Å². The van der Waals surface area contributed by atoms with E-state index in [1.54, 1.807) is 74.5 Å². The maximum Gasteiger partial charge on any atom is 0.338 e. The molecule has 1 aliphatic heterocycles. The second-order valence-electron chi connectivity index (χ2n) is 9.99. The molecular formula is C30H29N3O7. The molecule has 0 unspecified atom stereocenters. The zero-order chi connectivity index (χ0) is 28.1. The van der Waals surface area contributed by atoms with Crippen molar-refractivity contribution in [3.05, 3.63) is 118 Å². The summed E-state index contributed by atoms with van der Waals surface area (Å²) in [5.74, 6) is -2.40. The van der Waals surface area contributed by atoms with Crippen molar-refractivity contribution < 1.29 is 33.3 Å². The molecule has 3 aromatic carbocycles. The van der Waals surface area contributed by atoms with E-state index in [-0.39, 0.29) is 12.2 Å². The Morgan fingerprint density at radius 1 is 0.775 bits per heavy atom. The van der Waals surface area contributed by atoms with Crippen LogP contribution < -0.4 is 0 Å². The smallest absolute Gasteiger partial charge is 0.338 e. The second kappa shape index (κ2) is 11.9. The number of hydrogen-bond donors (Lipinski definition) is 0. The minimum Gasteiger partial charge on any atom is -0.454 e. The molecule has 6 atom stereocenters. The first-order valence-corrected chi connectivity index (χ1v) is 12.9. The Bertz CT molecular complexity index is 1360. The van der Waals surface area contributed by atoms with Gasteiger partial charge in [-0.25, -0.2) is 9.59 Å². The van der Waals surface area contributed by atoms with Gasteiger partial charge in [0.1, 0.15) is 24.4 Å². The van der Waals surface area contributed by atoms with E-state index in [1.165, 1.54) is 0 Å². The van der Waals surface area contributed by atoms with Crippen molar-refractivity contribution in [2.45, 2.75) is 62.8 Å². The molecule has 2 fully saturated rings. The lowest BCUT2D eigenvalue weighted by Gasteiger charge is -2.44. The van der Waals surface area contributed by atoms with Crippen LogP contribution in [0.15, 0.2) is 96.1 Å². The van der Waals surface area contributed by atoms with Crippen molar-refractivity contribution in [2.75, 3.05) is 0 Å². The largest absolute Gasteiger partial charge is 0.454 e. The highest BCUT2D eigenvalue weighted by molar-refractivity contribution is 5.90. The SMILES string of the molecule is CC1(C)O[C@H]2[C@H](OCc3ccccc3)[C@@H](OC(=O)c3ccccc3)[C@H](OC(=O)c3ccccc3)[C@@H](N=[N+]=[N-])[C@H]2O1. The maximum atomic E-state index is 13.3. The Morgan fingerprint density at radius 3 is 1.82 bits per heavy atom. The Labute approximate surface area is 231 Å². The molecule has 0 aromatic heterocycles. The van der Waals surface area contributed by atoms with Crippen LogP contribution in [0.1, 0.15) is 40.1 Å². The molecule has 1 saturated carbocycles. The predicted octanol–water partition coefficient (Wildman–Crippen LogP) is 5.24. The lowest BCUT2D eigenvalue weighted by atomic mass is 9.83. The molecule has 1 saturated heterocycles. The average molecular weight is 544 g/mol. The number of hydrogen-bond acceptors (Lipinski definition) is 8. The fourth-order valence-electron chi connectivity index (χ4n) is 5.04. The highest BCUT2D eigenvalue weighted by atomic mass is 16.8. The molecule has 2 aliphatic rings. The molecule has 5 rings (SSSR count). The molecule has 0 radical (unpaired) electrons. The maximum absolute atomic E-state index is 13.3. The molecule has 10 nitrogen and oxygen atoms in total. The van der Waals surface area contributed by atoms with Crippen molar-refractivity contribution in [1.29, 1.82) is 0 Å². The molecule has 40 heavy (non-hydrogen) atoms. The fourth-order valence-corrected chi connectivity index (χ4v) is 5.04. The van der Waals surface area contributed by atoms with Crippen LogP contribution in [0.2, 0.25) is 0 Å². The van der Waals surface area contributed by atoms with Crippen molar-refractivity contribution in [3.63, 3.8) is 0 Å². The summed E-state index contributed by atoms with van der Waals surface area (Å²) in [6.07, 6.45) is -5.01. The lowest BCUT2D eigenvalue weighted by molar-refractivity contribution is -0.188. The molecule has 0 bridgehead atoms. The zero-order valence-electron chi connectivity index (χ0n) is 22.0. The summed E-state index contributed by atoms with van der Waals surface area (Å²) in [5, 5.41) is 3.95. The third-order valence-electron chi connectivity index (χ3n) is 6.78. The highest BCUT2D eigenvalue weighted by Gasteiger charge is 2.61. The standard InChI is InChI=1S/C30H29N3O7/c1-30(2)39-24-22(32-33-31)23(37-28(34)20-14-8-4-9-15-20)26(38-29(35)21-16-10-5-11-17-21)25(27(24)40-30)36-18-19-12-6-3-7-13-19/h3-17,22-27H,18H2,1-2H3/t22-,23-,24-,25-,26+,27-/m1/s1. The van der Waals surface area contributed by atoms with E-state index in [0.29, 0.717) is 5.56 Å². The van der Waals surface area contributed by atoms with E-state index in [9.17, 15) is 15.1 Å². The normalized spacial score (nSPS) is 26.6. The second-order valence-corrected chi connectivity index (χ2v) is 9.99. The van der Waals surface area contributed by atoms with Crippen LogP contribution in [-0.2, 0) is 30.3 Å². The number of fused-ring (bicyclic) bond motifs is 1. The van der Waals surface area contributed by atoms with Crippen LogP contribution in [0.25, 0.3) is 10.4 Å². The van der Waals surface area contributed by atoms with Crippen molar-refractivity contribution in [3.8, 4) is 0 Å². The first-order valence-electron chi connectivity index (χ1n) is 12.9. The number of carbonyl (C=O) groups is 2. The minimum absolute atomic E-state index is 0.156. The Morgan fingerprint density at radius 2 is 1.27 bits per heavy atom. The topological polar surface area (TPSA) is 129 Å². The minimum atomic E-state index is -1.24. The molecule has 10 heteroatoms. The van der Waals surface area contributed by atoms with Gasteiger partial charge in [0.2, 0.25) is 0 Å². The highest BCUT2D eigenvalue weighted by Crippen LogP contribution is 2.42. The molecule has 1 heterocycles. The molecule has 0 amide bonds. The number of ether oxygens (including phenoxy) is 5. The Kier molecular flexibility index (Phi) is 8.14. The number of rotatable bonds is 8. The van der Waals surface area contributed by atoms with Gasteiger partial charge in [-0.3, -0.25) is 0 Å². The van der Waals surface area contributed by atoms with E-state index in [0.717, 1.165) is 5.56 Å². The van der Waals surface area contributed by atoms with Gasteiger partial charge in [-0.05, 0) is 49.2 Å². The third kappa shape index (κ3) is 6.00. The fraction of sp³-hybridized carbons (Fsp3) is 0.333. The van der Waals surface area contributed by atoms with Gasteiger partial charge in [-0.15, -0.1) is 0 Å². The van der Waals surface area contributed by atoms with Crippen LogP contribution >= 0.6 is 0 Å². The van der Waals surface area contributed by atoms with Crippen LogP contribution in [0.4, 0.5) is 0 Å². The van der Waals surface area contributed by atoms with Crippen molar-refractivity contribution in [2.24, 2.45) is 5.11 Å². The summed E-state index contributed by atoms with van der Waals surface area (Å²) in [4.78, 5) is 29.6. The van der Waals surface area contributed by atoms with Gasteiger partial charge in [0.15, 0.2) is 18.0 Å². The summed E-state index contributed by atoms with van der Waals surface area (Å²) in [6.45, 7) is 3.61. The summed E-state index contributed by atoms with van der Waals surface area (Å²) in [7, 11) is 0. The van der Waals surface area contributed by atoms with E-state index in [2.05, 4.69) is 10.0 Å². The molecule has 1 aliphatic carbocycles. The Hall–Kier alpha value is -4.21. The van der Waals surface area contributed by atoms with Gasteiger partial charge in [0.05, 0.1) is 17.7 Å². The lowest BCUT2D eigenvalue weighted by Crippen LogP contribution is -2.64. The summed E-state index contributed by atoms with van der Waals surface area (Å²) in [5.41, 5.74) is 10.9. The third-order valence-corrected chi connectivity index (χ3v) is 6.78. The van der Waals surface area contributed by atoms with E-state index in [4.69, 9.17) is 23.7 Å². The monoisotopic (exact) mass is 543 g/mol. The van der Waals surface area contributed by atoms with Crippen LogP contribution in [0.3, 0.4) is 0 Å². The van der Waals surface area contributed by atoms with E-state index < -0.39 is 54.3 Å². The first-order chi connectivity index (χ1) is 19.4. The van der Waals surface area contributed by atoms with Gasteiger partial charge in [0.25, 0.3) is 0 Å². The number of nitrogens with zero attached hydrogens (tertiary/aromatic N) is 3. The summed E-state index contributed by atoms with van der Waals surface area (Å²) in [6, 6.07) is 25.2. The number of azide groups is 1. The predicted molar refractivity (Wildman–Crippen MR) is 143 cm³/mol. The Balaban J connectivity index is 1.55. The van der Waals surface area contributed by atoms with Crippen LogP contribution in [0.5, 0.6) is 0 Å². The van der Waals surface area contributed by atoms with Crippen molar-refractivity contribution >= 4 is 11.9 Å². The van der Waals surface area contributed by atoms with Crippen LogP contribution in [-0.4, -0.2) is 54.3 Å². The number of carbonyl (C=O) groups excluding carboxylic acids is 2. The van der Waals surface area contributed by atoms with E-state index >= 15 is 0 Å². The summed E-state index contributed by atoms with van der Waals surface area (Å²) < 4.78 is 30.7. The number of benzene rings is 3. The van der Waals surface area contributed by atoms with Gasteiger partial charge in [-0.2, -0.15) is 0 Å². The molecule has 3 aromatic rings. The van der Waals surface area contributed by atoms with Gasteiger partial charge >= 0.3 is 11.9 Å². The molecule has 206 valence electrons. The molecular weight excluding hydrogens is 514 g/mol. The first kappa shape index (κ1) is 27.4. The number of esters is 2. The molecule has 0 spiro atoms.